The summed E-state index contributed by atoms with van der Waals surface area (Å²) in [7, 11) is 0. The van der Waals surface area contributed by atoms with Crippen molar-refractivity contribution < 1.29 is 19.4 Å². The summed E-state index contributed by atoms with van der Waals surface area (Å²) in [6, 6.07) is 7.08. The van der Waals surface area contributed by atoms with E-state index in [1.807, 2.05) is 0 Å². The van der Waals surface area contributed by atoms with Crippen LogP contribution in [0.5, 0.6) is 5.75 Å². The number of anilines is 1. The minimum atomic E-state index is -0.788. The summed E-state index contributed by atoms with van der Waals surface area (Å²) in [5, 5.41) is 14.8. The van der Waals surface area contributed by atoms with Gasteiger partial charge in [0.05, 0.1) is 12.8 Å². The zero-order valence-corrected chi connectivity index (χ0v) is 14.7. The van der Waals surface area contributed by atoms with E-state index in [-0.39, 0.29) is 24.7 Å². The first kappa shape index (κ1) is 18.3. The van der Waals surface area contributed by atoms with Gasteiger partial charge >= 0.3 is 12.0 Å². The summed E-state index contributed by atoms with van der Waals surface area (Å²) in [5.74, 6) is 0.517. The number of amides is 2. The molecular formula is C19H25N3O4. The molecule has 0 aliphatic heterocycles. The Bertz CT molecular complexity index is 651. The number of rotatable bonds is 9. The van der Waals surface area contributed by atoms with Crippen molar-refractivity contribution in [1.29, 1.82) is 0 Å². The molecule has 2 aliphatic rings. The number of carboxylic acids is 1. The van der Waals surface area contributed by atoms with Crippen LogP contribution in [0.1, 0.15) is 25.7 Å². The Morgan fingerprint density at radius 1 is 1.27 bits per heavy atom. The molecule has 2 aliphatic carbocycles. The Balaban J connectivity index is 1.41. The molecule has 7 heteroatoms. The van der Waals surface area contributed by atoms with Crippen molar-refractivity contribution in [3.63, 3.8) is 0 Å². The second kappa shape index (κ2) is 8.23. The SMILES string of the molecule is C=COc1ccc(NC(=O)NC2CC(N(CC(=O)O)CC3CC3)C2)cc1. The molecular weight excluding hydrogens is 334 g/mol. The van der Waals surface area contributed by atoms with Crippen LogP contribution in [0.2, 0.25) is 0 Å². The van der Waals surface area contributed by atoms with Crippen LogP contribution < -0.4 is 15.4 Å². The maximum absolute atomic E-state index is 12.1. The third kappa shape index (κ3) is 5.23. The van der Waals surface area contributed by atoms with Gasteiger partial charge in [-0.1, -0.05) is 6.58 Å². The molecule has 3 rings (SSSR count). The third-order valence-electron chi connectivity index (χ3n) is 4.82. The summed E-state index contributed by atoms with van der Waals surface area (Å²) < 4.78 is 5.14. The molecule has 26 heavy (non-hydrogen) atoms. The zero-order chi connectivity index (χ0) is 18.5. The van der Waals surface area contributed by atoms with E-state index in [2.05, 4.69) is 22.1 Å². The molecule has 0 spiro atoms. The molecule has 140 valence electrons. The number of urea groups is 1. The summed E-state index contributed by atoms with van der Waals surface area (Å²) in [6.45, 7) is 4.43. The van der Waals surface area contributed by atoms with E-state index in [1.54, 1.807) is 24.3 Å². The van der Waals surface area contributed by atoms with Crippen molar-refractivity contribution in [3.8, 4) is 5.75 Å². The smallest absolute Gasteiger partial charge is 0.319 e. The van der Waals surface area contributed by atoms with Crippen molar-refractivity contribution in [2.75, 3.05) is 18.4 Å². The van der Waals surface area contributed by atoms with Crippen LogP contribution in [0.3, 0.4) is 0 Å². The maximum atomic E-state index is 12.1. The van der Waals surface area contributed by atoms with Gasteiger partial charge in [-0.25, -0.2) is 4.79 Å². The molecule has 3 N–H and O–H groups in total. The van der Waals surface area contributed by atoms with Gasteiger partial charge in [0, 0.05) is 24.3 Å². The third-order valence-corrected chi connectivity index (χ3v) is 4.82. The Hall–Kier alpha value is -2.54. The number of hydrogen-bond donors (Lipinski definition) is 3. The van der Waals surface area contributed by atoms with E-state index in [0.29, 0.717) is 17.4 Å². The number of carboxylic acid groups (broad SMARTS) is 1. The van der Waals surface area contributed by atoms with E-state index < -0.39 is 5.97 Å². The summed E-state index contributed by atoms with van der Waals surface area (Å²) in [6.07, 6.45) is 5.32. The highest BCUT2D eigenvalue weighted by Crippen LogP contribution is 2.33. The quantitative estimate of drug-likeness (QED) is 0.590. The van der Waals surface area contributed by atoms with E-state index in [4.69, 9.17) is 9.84 Å². The van der Waals surface area contributed by atoms with E-state index in [9.17, 15) is 9.59 Å². The molecule has 2 saturated carbocycles. The molecule has 2 amide bonds. The van der Waals surface area contributed by atoms with Gasteiger partial charge in [-0.3, -0.25) is 9.69 Å². The number of nitrogens with one attached hydrogen (secondary N) is 2. The van der Waals surface area contributed by atoms with Gasteiger partial charge in [-0.2, -0.15) is 0 Å². The van der Waals surface area contributed by atoms with Crippen molar-refractivity contribution in [1.82, 2.24) is 10.2 Å². The van der Waals surface area contributed by atoms with E-state index >= 15 is 0 Å². The number of carbonyl (C=O) groups is 2. The second-order valence-corrected chi connectivity index (χ2v) is 7.00. The van der Waals surface area contributed by atoms with Gasteiger partial charge < -0.3 is 20.5 Å². The van der Waals surface area contributed by atoms with Crippen molar-refractivity contribution in [3.05, 3.63) is 37.1 Å². The average molecular weight is 359 g/mol. The van der Waals surface area contributed by atoms with Crippen LogP contribution >= 0.6 is 0 Å². The maximum Gasteiger partial charge on any atom is 0.319 e. The standard InChI is InChI=1S/C19H25N3O4/c1-2-26-17-7-5-14(6-8-17)20-19(25)21-15-9-16(10-15)22(12-18(23)24)11-13-3-4-13/h2,5-8,13,15-16H,1,3-4,9-12H2,(H,23,24)(H2,20,21,25). The number of ether oxygens (including phenoxy) is 1. The van der Waals surface area contributed by atoms with Crippen LogP contribution in [-0.4, -0.2) is 47.2 Å². The Morgan fingerprint density at radius 2 is 1.96 bits per heavy atom. The van der Waals surface area contributed by atoms with Crippen LogP contribution in [0.25, 0.3) is 0 Å². The fraction of sp³-hybridized carbons (Fsp3) is 0.474. The number of hydrogen-bond acceptors (Lipinski definition) is 4. The van der Waals surface area contributed by atoms with Gasteiger partial charge in [0.2, 0.25) is 0 Å². The first-order valence-electron chi connectivity index (χ1n) is 8.94. The van der Waals surface area contributed by atoms with Gasteiger partial charge in [0.25, 0.3) is 0 Å². The minimum Gasteiger partial charge on any atom is -0.480 e. The second-order valence-electron chi connectivity index (χ2n) is 7.00. The fourth-order valence-corrected chi connectivity index (χ4v) is 3.22. The highest BCUT2D eigenvalue weighted by molar-refractivity contribution is 5.89. The number of carbonyl (C=O) groups excluding carboxylic acids is 1. The van der Waals surface area contributed by atoms with Crippen LogP contribution in [-0.2, 0) is 4.79 Å². The molecule has 2 fully saturated rings. The van der Waals surface area contributed by atoms with Crippen LogP contribution in [0, 0.1) is 5.92 Å². The summed E-state index contributed by atoms with van der Waals surface area (Å²) >= 11 is 0. The van der Waals surface area contributed by atoms with Crippen molar-refractivity contribution in [2.24, 2.45) is 5.92 Å². The molecule has 0 aromatic heterocycles. The monoisotopic (exact) mass is 359 g/mol. The number of benzene rings is 1. The van der Waals surface area contributed by atoms with Crippen LogP contribution in [0.15, 0.2) is 37.1 Å². The van der Waals surface area contributed by atoms with Gasteiger partial charge in [-0.05, 0) is 55.9 Å². The largest absolute Gasteiger partial charge is 0.480 e. The van der Waals surface area contributed by atoms with Gasteiger partial charge in [0.15, 0.2) is 0 Å². The van der Waals surface area contributed by atoms with Gasteiger partial charge in [0.1, 0.15) is 5.75 Å². The first-order chi connectivity index (χ1) is 12.5. The molecule has 0 unspecified atom stereocenters. The molecule has 1 aromatic carbocycles. The van der Waals surface area contributed by atoms with Gasteiger partial charge in [-0.15, -0.1) is 0 Å². The lowest BCUT2D eigenvalue weighted by atomic mass is 9.85. The Kier molecular flexibility index (Phi) is 5.78. The predicted molar refractivity (Wildman–Crippen MR) is 98.2 cm³/mol. The highest BCUT2D eigenvalue weighted by Gasteiger charge is 2.37. The molecule has 7 nitrogen and oxygen atoms in total. The molecule has 0 saturated heterocycles. The Morgan fingerprint density at radius 3 is 2.54 bits per heavy atom. The minimum absolute atomic E-state index is 0.0823. The number of nitrogens with zero attached hydrogens (tertiary/aromatic N) is 1. The van der Waals surface area contributed by atoms with Crippen molar-refractivity contribution >= 4 is 17.7 Å². The topological polar surface area (TPSA) is 90.9 Å². The molecule has 0 heterocycles. The lowest BCUT2D eigenvalue weighted by Crippen LogP contribution is -2.55. The normalized spacial score (nSPS) is 21.6. The van der Waals surface area contributed by atoms with Crippen LogP contribution in [0.4, 0.5) is 10.5 Å². The number of aliphatic carboxylic acids is 1. The lowest BCUT2D eigenvalue weighted by molar-refractivity contribution is -0.139. The fourth-order valence-electron chi connectivity index (χ4n) is 3.22. The molecule has 0 radical (unpaired) electrons. The summed E-state index contributed by atoms with van der Waals surface area (Å²) in [5.41, 5.74) is 0.677. The van der Waals surface area contributed by atoms with E-state index in [0.717, 1.165) is 19.4 Å². The average Bonchev–Trinajstić information content (AvgIpc) is 3.36. The Labute approximate surface area is 153 Å². The molecule has 0 atom stereocenters. The molecule has 1 aromatic rings. The first-order valence-corrected chi connectivity index (χ1v) is 8.94. The van der Waals surface area contributed by atoms with Crippen molar-refractivity contribution in [2.45, 2.75) is 37.8 Å². The highest BCUT2D eigenvalue weighted by atomic mass is 16.5. The summed E-state index contributed by atoms with van der Waals surface area (Å²) in [4.78, 5) is 25.2. The zero-order valence-electron chi connectivity index (χ0n) is 14.7. The van der Waals surface area contributed by atoms with E-state index in [1.165, 1.54) is 19.1 Å². The molecule has 0 bridgehead atoms. The predicted octanol–water partition coefficient (Wildman–Crippen LogP) is 2.66. The lowest BCUT2D eigenvalue weighted by Gasteiger charge is -2.42.